The Morgan fingerprint density at radius 2 is 2.27 bits per heavy atom. The average Bonchev–Trinajstić information content (AvgIpc) is 3.20. The molecule has 4 heterocycles. The molecule has 2 aromatic rings. The van der Waals surface area contributed by atoms with Crippen LogP contribution in [0.25, 0.3) is 0 Å². The summed E-state index contributed by atoms with van der Waals surface area (Å²) in [5.74, 6) is 1.75. The van der Waals surface area contributed by atoms with Crippen molar-refractivity contribution in [1.29, 1.82) is 0 Å². The van der Waals surface area contributed by atoms with Gasteiger partial charge in [-0.3, -0.25) is 4.90 Å². The van der Waals surface area contributed by atoms with E-state index in [0.29, 0.717) is 18.0 Å². The summed E-state index contributed by atoms with van der Waals surface area (Å²) < 4.78 is 11.4. The number of hydrogen-bond acceptors (Lipinski definition) is 6. The third-order valence-electron chi connectivity index (χ3n) is 4.66. The molecule has 0 aliphatic carbocycles. The maximum absolute atomic E-state index is 5.96. The zero-order valence-electron chi connectivity index (χ0n) is 13.0. The van der Waals surface area contributed by atoms with Gasteiger partial charge in [-0.25, -0.2) is 0 Å². The number of nitrogens with zero attached hydrogens (tertiary/aromatic N) is 3. The lowest BCUT2D eigenvalue weighted by atomic mass is 9.90. The smallest absolute Gasteiger partial charge is 0.231 e. The Hall–Kier alpha value is -1.24. The summed E-state index contributed by atoms with van der Waals surface area (Å²) in [6, 6.07) is 4.97. The quantitative estimate of drug-likeness (QED) is 0.870. The molecule has 118 valence electrons. The largest absolute Gasteiger partial charge is 0.377 e. The fourth-order valence-corrected chi connectivity index (χ4v) is 4.58. The van der Waals surface area contributed by atoms with Crippen LogP contribution in [0.5, 0.6) is 0 Å². The van der Waals surface area contributed by atoms with E-state index in [4.69, 9.17) is 9.26 Å². The van der Waals surface area contributed by atoms with Crippen LogP contribution in [0.2, 0.25) is 0 Å². The molecule has 2 saturated heterocycles. The van der Waals surface area contributed by atoms with E-state index in [1.54, 1.807) is 0 Å². The summed E-state index contributed by atoms with van der Waals surface area (Å²) in [6.45, 7) is 6.87. The zero-order chi connectivity index (χ0) is 15.1. The molecule has 0 saturated carbocycles. The molecular weight excluding hydrogens is 298 g/mol. The third-order valence-corrected chi connectivity index (χ3v) is 5.65. The van der Waals surface area contributed by atoms with Crippen molar-refractivity contribution in [1.82, 2.24) is 15.0 Å². The van der Waals surface area contributed by atoms with E-state index in [1.807, 2.05) is 18.3 Å². The van der Waals surface area contributed by atoms with Crippen LogP contribution in [-0.4, -0.2) is 40.3 Å². The van der Waals surface area contributed by atoms with Crippen LogP contribution in [0.4, 0.5) is 0 Å². The number of rotatable bonds is 3. The molecule has 3 atom stereocenters. The van der Waals surface area contributed by atoms with Crippen LogP contribution >= 0.6 is 11.3 Å². The summed E-state index contributed by atoms with van der Waals surface area (Å²) in [7, 11) is 0. The topological polar surface area (TPSA) is 51.4 Å². The minimum Gasteiger partial charge on any atom is -0.377 e. The van der Waals surface area contributed by atoms with Gasteiger partial charge in [0, 0.05) is 35.5 Å². The van der Waals surface area contributed by atoms with E-state index in [9.17, 15) is 0 Å². The highest BCUT2D eigenvalue weighted by atomic mass is 32.1. The van der Waals surface area contributed by atoms with Crippen LogP contribution in [0.15, 0.2) is 16.7 Å². The Balaban J connectivity index is 1.55. The third kappa shape index (κ3) is 2.71. The standard InChI is InChI=1S/C16H21N3O2S/c1-10-3-4-13(22-10)9-19-8-12(16-17-11(2)18-21-16)7-15-14(19)5-6-20-15/h3-4,12,14-15H,5-9H2,1-2H3/t12-,14-,15-/m1/s1. The number of aromatic nitrogens is 2. The highest BCUT2D eigenvalue weighted by Crippen LogP contribution is 2.36. The molecule has 6 heteroatoms. The first-order chi connectivity index (χ1) is 10.7. The second-order valence-electron chi connectivity index (χ2n) is 6.32. The zero-order valence-corrected chi connectivity index (χ0v) is 13.8. The molecule has 2 aliphatic rings. The van der Waals surface area contributed by atoms with E-state index in [2.05, 4.69) is 34.1 Å². The maximum atomic E-state index is 5.96. The van der Waals surface area contributed by atoms with E-state index in [1.165, 1.54) is 9.75 Å². The van der Waals surface area contributed by atoms with E-state index in [-0.39, 0.29) is 5.92 Å². The van der Waals surface area contributed by atoms with Gasteiger partial charge in [0.05, 0.1) is 12.0 Å². The van der Waals surface area contributed by atoms with E-state index < -0.39 is 0 Å². The van der Waals surface area contributed by atoms with Crippen LogP contribution in [0, 0.1) is 13.8 Å². The summed E-state index contributed by atoms with van der Waals surface area (Å²) in [4.78, 5) is 9.78. The van der Waals surface area contributed by atoms with Crippen molar-refractivity contribution in [2.45, 2.75) is 51.3 Å². The molecule has 2 fully saturated rings. The van der Waals surface area contributed by atoms with Crippen molar-refractivity contribution in [3.05, 3.63) is 33.6 Å². The number of piperidine rings is 1. The van der Waals surface area contributed by atoms with E-state index >= 15 is 0 Å². The highest BCUT2D eigenvalue weighted by Gasteiger charge is 2.42. The normalized spacial score (nSPS) is 28.9. The van der Waals surface area contributed by atoms with Crippen molar-refractivity contribution >= 4 is 11.3 Å². The van der Waals surface area contributed by atoms with Crippen LogP contribution in [-0.2, 0) is 11.3 Å². The number of ether oxygens (including phenoxy) is 1. The SMILES string of the molecule is Cc1noc([C@@H]2C[C@H]3OCC[C@H]3N(Cc3ccc(C)s3)C2)n1. The van der Waals surface area contributed by atoms with Crippen molar-refractivity contribution in [3.8, 4) is 0 Å². The van der Waals surface area contributed by atoms with E-state index in [0.717, 1.165) is 38.4 Å². The van der Waals surface area contributed by atoms with Crippen LogP contribution < -0.4 is 0 Å². The van der Waals surface area contributed by atoms with Crippen molar-refractivity contribution in [2.75, 3.05) is 13.2 Å². The first-order valence-electron chi connectivity index (χ1n) is 7.90. The first kappa shape index (κ1) is 14.4. The van der Waals surface area contributed by atoms with Gasteiger partial charge in [-0.2, -0.15) is 4.98 Å². The van der Waals surface area contributed by atoms with Crippen LogP contribution in [0.3, 0.4) is 0 Å². The molecule has 2 aromatic heterocycles. The van der Waals surface area contributed by atoms with Gasteiger partial charge in [-0.1, -0.05) is 5.16 Å². The Kier molecular flexibility index (Phi) is 3.76. The predicted octanol–water partition coefficient (Wildman–Crippen LogP) is 2.89. The van der Waals surface area contributed by atoms with Crippen LogP contribution in [0.1, 0.15) is 40.2 Å². The maximum Gasteiger partial charge on any atom is 0.231 e. The molecular formula is C16H21N3O2S. The second-order valence-corrected chi connectivity index (χ2v) is 7.69. The van der Waals surface area contributed by atoms with Gasteiger partial charge >= 0.3 is 0 Å². The summed E-state index contributed by atoms with van der Waals surface area (Å²) in [5.41, 5.74) is 0. The molecule has 0 radical (unpaired) electrons. The number of aryl methyl sites for hydroxylation is 2. The molecule has 4 rings (SSSR count). The molecule has 0 spiro atoms. The monoisotopic (exact) mass is 319 g/mol. The fourth-order valence-electron chi connectivity index (χ4n) is 3.66. The lowest BCUT2D eigenvalue weighted by Gasteiger charge is -2.39. The number of fused-ring (bicyclic) bond motifs is 1. The summed E-state index contributed by atoms with van der Waals surface area (Å²) in [6.07, 6.45) is 2.42. The molecule has 0 aromatic carbocycles. The molecule has 2 aliphatic heterocycles. The number of hydrogen-bond donors (Lipinski definition) is 0. The first-order valence-corrected chi connectivity index (χ1v) is 8.72. The Labute approximate surface area is 134 Å². The predicted molar refractivity (Wildman–Crippen MR) is 84.0 cm³/mol. The van der Waals surface area contributed by atoms with Gasteiger partial charge in [0.15, 0.2) is 5.82 Å². The Bertz CT molecular complexity index is 653. The van der Waals surface area contributed by atoms with Gasteiger partial charge in [0.2, 0.25) is 5.89 Å². The molecule has 22 heavy (non-hydrogen) atoms. The molecule has 0 bridgehead atoms. The van der Waals surface area contributed by atoms with Gasteiger partial charge in [0.1, 0.15) is 0 Å². The summed E-state index contributed by atoms with van der Waals surface area (Å²) in [5, 5.41) is 3.95. The number of likely N-dealkylation sites (tertiary alicyclic amines) is 1. The fraction of sp³-hybridized carbons (Fsp3) is 0.625. The number of thiophene rings is 1. The lowest BCUT2D eigenvalue weighted by molar-refractivity contribution is 0.00887. The highest BCUT2D eigenvalue weighted by molar-refractivity contribution is 7.11. The minimum absolute atomic E-state index is 0.279. The molecule has 5 nitrogen and oxygen atoms in total. The van der Waals surface area contributed by atoms with Crippen molar-refractivity contribution < 1.29 is 9.26 Å². The van der Waals surface area contributed by atoms with Gasteiger partial charge in [-0.15, -0.1) is 11.3 Å². The van der Waals surface area contributed by atoms with Gasteiger partial charge < -0.3 is 9.26 Å². The molecule has 0 amide bonds. The molecule has 0 N–H and O–H groups in total. The Morgan fingerprint density at radius 1 is 1.36 bits per heavy atom. The van der Waals surface area contributed by atoms with Crippen molar-refractivity contribution in [2.24, 2.45) is 0 Å². The lowest BCUT2D eigenvalue weighted by Crippen LogP contribution is -2.48. The minimum atomic E-state index is 0.279. The Morgan fingerprint density at radius 3 is 3.00 bits per heavy atom. The average molecular weight is 319 g/mol. The molecule has 0 unspecified atom stereocenters. The summed E-state index contributed by atoms with van der Waals surface area (Å²) >= 11 is 1.88. The van der Waals surface area contributed by atoms with Crippen molar-refractivity contribution in [3.63, 3.8) is 0 Å². The van der Waals surface area contributed by atoms with Gasteiger partial charge in [0.25, 0.3) is 0 Å². The van der Waals surface area contributed by atoms with Gasteiger partial charge in [-0.05, 0) is 38.8 Å². The second kappa shape index (κ2) is 5.76.